The van der Waals surface area contributed by atoms with Gasteiger partial charge in [-0.15, -0.1) is 0 Å². The second-order valence-electron chi connectivity index (χ2n) is 4.26. The van der Waals surface area contributed by atoms with Crippen molar-refractivity contribution in [2.45, 2.75) is 26.7 Å². The van der Waals surface area contributed by atoms with Gasteiger partial charge in [-0.25, -0.2) is 9.31 Å². The Morgan fingerprint density at radius 3 is 2.83 bits per heavy atom. The Hall–Kier alpha value is -2.11. The van der Waals surface area contributed by atoms with Gasteiger partial charge < -0.3 is 9.72 Å². The summed E-state index contributed by atoms with van der Waals surface area (Å²) in [6.07, 6.45) is 0. The van der Waals surface area contributed by atoms with E-state index in [1.165, 1.54) is 12.1 Å². The van der Waals surface area contributed by atoms with Crippen LogP contribution in [0, 0.1) is 0 Å². The fourth-order valence-electron chi connectivity index (χ4n) is 1.74. The predicted molar refractivity (Wildman–Crippen MR) is 65.9 cm³/mol. The molecule has 96 valence electrons. The molecule has 18 heavy (non-hydrogen) atoms. The molecular formula is C12H15N3O3. The maximum absolute atomic E-state index is 11.6. The first kappa shape index (κ1) is 12.3. The van der Waals surface area contributed by atoms with Crippen molar-refractivity contribution in [3.63, 3.8) is 0 Å². The number of nitrogens with one attached hydrogen (secondary N) is 1. The van der Waals surface area contributed by atoms with Crippen molar-refractivity contribution >= 4 is 11.6 Å². The molecule has 0 amide bonds. The van der Waals surface area contributed by atoms with Gasteiger partial charge in [0.1, 0.15) is 5.65 Å². The van der Waals surface area contributed by atoms with E-state index < -0.39 is 5.97 Å². The summed E-state index contributed by atoms with van der Waals surface area (Å²) in [4.78, 5) is 25.7. The zero-order chi connectivity index (χ0) is 13.3. The third kappa shape index (κ3) is 2.13. The maximum Gasteiger partial charge on any atom is 0.358 e. The first-order chi connectivity index (χ1) is 8.52. The van der Waals surface area contributed by atoms with E-state index >= 15 is 0 Å². The number of H-pyrrole nitrogens is 1. The van der Waals surface area contributed by atoms with Crippen LogP contribution in [-0.4, -0.2) is 27.2 Å². The van der Waals surface area contributed by atoms with Crippen molar-refractivity contribution in [3.05, 3.63) is 33.9 Å². The minimum Gasteiger partial charge on any atom is -0.461 e. The molecule has 0 fully saturated rings. The first-order valence-corrected chi connectivity index (χ1v) is 5.83. The Balaban J connectivity index is 2.60. The number of nitrogens with zero attached hydrogens (tertiary/aromatic N) is 2. The van der Waals surface area contributed by atoms with Crippen molar-refractivity contribution in [2.24, 2.45) is 0 Å². The number of hydrogen-bond donors (Lipinski definition) is 1. The fraction of sp³-hybridized carbons (Fsp3) is 0.417. The van der Waals surface area contributed by atoms with Crippen molar-refractivity contribution in [1.29, 1.82) is 0 Å². The molecule has 2 aromatic heterocycles. The Morgan fingerprint density at radius 1 is 1.50 bits per heavy atom. The van der Waals surface area contributed by atoms with Gasteiger partial charge in [0.05, 0.1) is 12.3 Å². The lowest BCUT2D eigenvalue weighted by atomic mass is 10.1. The highest BCUT2D eigenvalue weighted by atomic mass is 16.5. The van der Waals surface area contributed by atoms with E-state index in [9.17, 15) is 9.59 Å². The number of aromatic nitrogens is 3. The van der Waals surface area contributed by atoms with Gasteiger partial charge in [-0.2, -0.15) is 5.10 Å². The van der Waals surface area contributed by atoms with E-state index in [1.807, 2.05) is 13.8 Å². The van der Waals surface area contributed by atoms with Crippen LogP contribution in [0.4, 0.5) is 0 Å². The Bertz CT molecular complexity index is 640. The van der Waals surface area contributed by atoms with Gasteiger partial charge in [-0.05, 0) is 12.8 Å². The monoisotopic (exact) mass is 249 g/mol. The second kappa shape index (κ2) is 4.64. The van der Waals surface area contributed by atoms with E-state index in [0.29, 0.717) is 12.3 Å². The summed E-state index contributed by atoms with van der Waals surface area (Å²) >= 11 is 0. The molecule has 0 saturated heterocycles. The zero-order valence-corrected chi connectivity index (χ0v) is 10.6. The standard InChI is InChI=1S/C12H15N3O3/c1-4-18-12(17)8-5-10-13-11(16)6-9(7(2)3)15(10)14-8/h5-7H,4H2,1-3H3,(H,13,16). The Kier molecular flexibility index (Phi) is 3.18. The number of hydrogen-bond acceptors (Lipinski definition) is 4. The topological polar surface area (TPSA) is 76.5 Å². The zero-order valence-electron chi connectivity index (χ0n) is 10.6. The number of esters is 1. The van der Waals surface area contributed by atoms with Crippen molar-refractivity contribution in [2.75, 3.05) is 6.61 Å². The normalized spacial score (nSPS) is 11.1. The van der Waals surface area contributed by atoms with Crippen LogP contribution in [-0.2, 0) is 4.74 Å². The molecule has 0 atom stereocenters. The number of carbonyl (C=O) groups excluding carboxylic acids is 1. The SMILES string of the molecule is CCOC(=O)c1cc2[nH]c(=O)cc(C(C)C)n2n1. The first-order valence-electron chi connectivity index (χ1n) is 5.83. The summed E-state index contributed by atoms with van der Waals surface area (Å²) in [5, 5.41) is 4.17. The molecule has 0 radical (unpaired) electrons. The van der Waals surface area contributed by atoms with Crippen LogP contribution in [0.5, 0.6) is 0 Å². The van der Waals surface area contributed by atoms with Crippen LogP contribution in [0.3, 0.4) is 0 Å². The average Bonchev–Trinajstić information content (AvgIpc) is 2.71. The van der Waals surface area contributed by atoms with E-state index in [1.54, 1.807) is 11.4 Å². The van der Waals surface area contributed by atoms with Gasteiger partial charge in [0.25, 0.3) is 5.56 Å². The molecule has 0 aromatic carbocycles. The van der Waals surface area contributed by atoms with E-state index in [4.69, 9.17) is 4.74 Å². The molecule has 0 spiro atoms. The molecule has 0 bridgehead atoms. The second-order valence-corrected chi connectivity index (χ2v) is 4.26. The predicted octanol–water partition coefficient (Wildman–Crippen LogP) is 1.32. The van der Waals surface area contributed by atoms with Gasteiger partial charge >= 0.3 is 5.97 Å². The fourth-order valence-corrected chi connectivity index (χ4v) is 1.74. The highest BCUT2D eigenvalue weighted by Gasteiger charge is 2.15. The number of fused-ring (bicyclic) bond motifs is 1. The summed E-state index contributed by atoms with van der Waals surface area (Å²) in [5.41, 5.74) is 1.24. The maximum atomic E-state index is 11.6. The van der Waals surface area contributed by atoms with E-state index in [-0.39, 0.29) is 17.2 Å². The van der Waals surface area contributed by atoms with Gasteiger partial charge in [0, 0.05) is 12.1 Å². The van der Waals surface area contributed by atoms with E-state index in [2.05, 4.69) is 10.1 Å². The van der Waals surface area contributed by atoms with Gasteiger partial charge in [0.2, 0.25) is 0 Å². The molecule has 1 N–H and O–H groups in total. The lowest BCUT2D eigenvalue weighted by Gasteiger charge is -2.06. The van der Waals surface area contributed by atoms with Crippen molar-refractivity contribution in [3.8, 4) is 0 Å². The molecule has 0 unspecified atom stereocenters. The lowest BCUT2D eigenvalue weighted by Crippen LogP contribution is -2.13. The summed E-state index contributed by atoms with van der Waals surface area (Å²) in [5.74, 6) is -0.360. The van der Waals surface area contributed by atoms with E-state index in [0.717, 1.165) is 5.69 Å². The van der Waals surface area contributed by atoms with Crippen LogP contribution in [0.1, 0.15) is 42.9 Å². The molecule has 0 aliphatic heterocycles. The summed E-state index contributed by atoms with van der Waals surface area (Å²) in [6, 6.07) is 3.00. The lowest BCUT2D eigenvalue weighted by molar-refractivity contribution is 0.0519. The summed E-state index contributed by atoms with van der Waals surface area (Å²) < 4.78 is 6.45. The molecule has 0 saturated carbocycles. The van der Waals surface area contributed by atoms with Gasteiger partial charge in [-0.3, -0.25) is 4.79 Å². The molecule has 2 aromatic rings. The van der Waals surface area contributed by atoms with Crippen LogP contribution in [0.2, 0.25) is 0 Å². The molecule has 6 heteroatoms. The van der Waals surface area contributed by atoms with Crippen molar-refractivity contribution < 1.29 is 9.53 Å². The highest BCUT2D eigenvalue weighted by Crippen LogP contribution is 2.14. The smallest absolute Gasteiger partial charge is 0.358 e. The number of aromatic amines is 1. The minimum atomic E-state index is -0.489. The largest absolute Gasteiger partial charge is 0.461 e. The van der Waals surface area contributed by atoms with Crippen LogP contribution >= 0.6 is 0 Å². The molecular weight excluding hydrogens is 234 g/mol. The Morgan fingerprint density at radius 2 is 2.22 bits per heavy atom. The minimum absolute atomic E-state index is 0.129. The van der Waals surface area contributed by atoms with Crippen LogP contribution in [0.25, 0.3) is 5.65 Å². The highest BCUT2D eigenvalue weighted by molar-refractivity contribution is 5.88. The van der Waals surface area contributed by atoms with Crippen LogP contribution < -0.4 is 5.56 Å². The Labute approximate surface area is 104 Å². The van der Waals surface area contributed by atoms with Gasteiger partial charge in [0.15, 0.2) is 5.69 Å². The molecule has 0 aliphatic rings. The quantitative estimate of drug-likeness (QED) is 0.832. The number of rotatable bonds is 3. The summed E-state index contributed by atoms with van der Waals surface area (Å²) in [7, 11) is 0. The third-order valence-corrected chi connectivity index (χ3v) is 2.56. The van der Waals surface area contributed by atoms with Gasteiger partial charge in [-0.1, -0.05) is 13.8 Å². The van der Waals surface area contributed by atoms with Crippen molar-refractivity contribution in [1.82, 2.24) is 14.6 Å². The summed E-state index contributed by atoms with van der Waals surface area (Å²) in [6.45, 7) is 5.94. The molecule has 2 rings (SSSR count). The third-order valence-electron chi connectivity index (χ3n) is 2.56. The molecule has 6 nitrogen and oxygen atoms in total. The average molecular weight is 249 g/mol. The molecule has 0 aliphatic carbocycles. The molecule has 2 heterocycles. The van der Waals surface area contributed by atoms with Crippen LogP contribution in [0.15, 0.2) is 16.9 Å². The number of ether oxygens (including phenoxy) is 1. The number of carbonyl (C=O) groups is 1.